The normalized spacial score (nSPS) is 20.2. The van der Waals surface area contributed by atoms with Gasteiger partial charge in [0.05, 0.1) is 11.7 Å². The van der Waals surface area contributed by atoms with Gasteiger partial charge in [-0.25, -0.2) is 4.98 Å². The van der Waals surface area contributed by atoms with E-state index in [4.69, 9.17) is 11.6 Å². The van der Waals surface area contributed by atoms with Crippen molar-refractivity contribution in [1.29, 1.82) is 0 Å². The minimum atomic E-state index is 0.188. The molecule has 0 radical (unpaired) electrons. The molecule has 2 nitrogen and oxygen atoms in total. The van der Waals surface area contributed by atoms with Gasteiger partial charge in [0.25, 0.3) is 0 Å². The summed E-state index contributed by atoms with van der Waals surface area (Å²) in [6, 6.07) is 12.8. The number of rotatable bonds is 2. The molecule has 0 bridgehead atoms. The van der Waals surface area contributed by atoms with E-state index in [9.17, 15) is 0 Å². The van der Waals surface area contributed by atoms with Gasteiger partial charge in [0, 0.05) is 6.20 Å². The number of hydrogen-bond donors (Lipinski definition) is 1. The first kappa shape index (κ1) is 13.4. The molecule has 0 saturated carbocycles. The highest BCUT2D eigenvalue weighted by Crippen LogP contribution is 2.45. The molecule has 20 heavy (non-hydrogen) atoms. The van der Waals surface area contributed by atoms with E-state index >= 15 is 0 Å². The van der Waals surface area contributed by atoms with Gasteiger partial charge in [-0.1, -0.05) is 49.7 Å². The summed E-state index contributed by atoms with van der Waals surface area (Å²) < 4.78 is 0. The number of nitrogens with zero attached hydrogens (tertiary/aromatic N) is 1. The van der Waals surface area contributed by atoms with Crippen LogP contribution in [0.3, 0.4) is 0 Å². The van der Waals surface area contributed by atoms with Gasteiger partial charge < -0.3 is 5.32 Å². The average molecular weight is 287 g/mol. The monoisotopic (exact) mass is 286 g/mol. The highest BCUT2D eigenvalue weighted by Gasteiger charge is 2.35. The standard InChI is InChI=1S/C17H19ClN2/c1-17(2)10-9-12-6-3-4-7-13(12)15(17)20-14-8-5-11-19-16(14)18/h3-8,11,15,20H,9-10H2,1-2H3. The smallest absolute Gasteiger partial charge is 0.152 e. The quantitative estimate of drug-likeness (QED) is 0.798. The molecule has 0 fully saturated rings. The van der Waals surface area contributed by atoms with Gasteiger partial charge >= 0.3 is 0 Å². The van der Waals surface area contributed by atoms with E-state index in [1.165, 1.54) is 17.5 Å². The zero-order chi connectivity index (χ0) is 14.2. The van der Waals surface area contributed by atoms with Crippen molar-refractivity contribution >= 4 is 17.3 Å². The first-order chi connectivity index (χ1) is 9.58. The third kappa shape index (κ3) is 2.40. The van der Waals surface area contributed by atoms with Crippen LogP contribution in [-0.4, -0.2) is 4.98 Å². The van der Waals surface area contributed by atoms with Gasteiger partial charge in [0.15, 0.2) is 5.15 Å². The first-order valence-corrected chi connectivity index (χ1v) is 7.40. The lowest BCUT2D eigenvalue weighted by molar-refractivity contribution is 0.265. The lowest BCUT2D eigenvalue weighted by Crippen LogP contribution is -2.33. The van der Waals surface area contributed by atoms with Crippen molar-refractivity contribution in [2.24, 2.45) is 5.41 Å². The molecule has 0 amide bonds. The maximum Gasteiger partial charge on any atom is 0.152 e. The van der Waals surface area contributed by atoms with Crippen LogP contribution in [0.2, 0.25) is 5.15 Å². The number of nitrogens with one attached hydrogen (secondary N) is 1. The molecule has 1 unspecified atom stereocenters. The number of aryl methyl sites for hydroxylation is 1. The van der Waals surface area contributed by atoms with Crippen LogP contribution in [0.1, 0.15) is 37.4 Å². The molecule has 1 aliphatic carbocycles. The molecular weight excluding hydrogens is 268 g/mol. The Balaban J connectivity index is 2.00. The predicted molar refractivity (Wildman–Crippen MR) is 84.2 cm³/mol. The SMILES string of the molecule is CC1(C)CCc2ccccc2C1Nc1cccnc1Cl. The molecule has 1 aliphatic rings. The summed E-state index contributed by atoms with van der Waals surface area (Å²) >= 11 is 6.19. The van der Waals surface area contributed by atoms with Gasteiger partial charge in [-0.3, -0.25) is 0 Å². The van der Waals surface area contributed by atoms with Crippen LogP contribution in [0.25, 0.3) is 0 Å². The van der Waals surface area contributed by atoms with E-state index < -0.39 is 0 Å². The summed E-state index contributed by atoms with van der Waals surface area (Å²) in [6.45, 7) is 4.62. The fourth-order valence-electron chi connectivity index (χ4n) is 2.99. The summed E-state index contributed by atoms with van der Waals surface area (Å²) in [5.41, 5.74) is 3.91. The molecule has 1 atom stereocenters. The predicted octanol–water partition coefficient (Wildman–Crippen LogP) is 4.86. The maximum atomic E-state index is 6.19. The Bertz CT molecular complexity index is 622. The minimum Gasteiger partial charge on any atom is -0.375 e. The number of halogens is 1. The molecule has 104 valence electrons. The molecule has 0 saturated heterocycles. The Hall–Kier alpha value is -1.54. The Morgan fingerprint density at radius 2 is 2.00 bits per heavy atom. The van der Waals surface area contributed by atoms with Crippen LogP contribution < -0.4 is 5.32 Å². The van der Waals surface area contributed by atoms with E-state index in [1.807, 2.05) is 12.1 Å². The Morgan fingerprint density at radius 3 is 2.80 bits per heavy atom. The molecular formula is C17H19ClN2. The van der Waals surface area contributed by atoms with Crippen LogP contribution in [0, 0.1) is 5.41 Å². The van der Waals surface area contributed by atoms with Crippen molar-refractivity contribution in [2.75, 3.05) is 5.32 Å². The Morgan fingerprint density at radius 1 is 1.20 bits per heavy atom. The van der Waals surface area contributed by atoms with Gasteiger partial charge in [0.1, 0.15) is 0 Å². The number of anilines is 1. The number of pyridine rings is 1. The fourth-order valence-corrected chi connectivity index (χ4v) is 3.16. The van der Waals surface area contributed by atoms with E-state index in [1.54, 1.807) is 6.20 Å². The summed E-state index contributed by atoms with van der Waals surface area (Å²) in [5, 5.41) is 4.13. The Kier molecular flexibility index (Phi) is 3.43. The molecule has 1 N–H and O–H groups in total. The number of hydrogen-bond acceptors (Lipinski definition) is 2. The highest BCUT2D eigenvalue weighted by molar-refractivity contribution is 6.31. The zero-order valence-electron chi connectivity index (χ0n) is 11.9. The lowest BCUT2D eigenvalue weighted by atomic mass is 9.70. The second-order valence-corrected chi connectivity index (χ2v) is 6.46. The number of benzene rings is 1. The minimum absolute atomic E-state index is 0.188. The van der Waals surface area contributed by atoms with Crippen molar-refractivity contribution < 1.29 is 0 Å². The van der Waals surface area contributed by atoms with Gasteiger partial charge in [-0.05, 0) is 41.5 Å². The second-order valence-electron chi connectivity index (χ2n) is 6.11. The second kappa shape index (κ2) is 5.10. The third-order valence-electron chi connectivity index (χ3n) is 4.25. The molecule has 2 aromatic rings. The summed E-state index contributed by atoms with van der Waals surface area (Å²) in [4.78, 5) is 4.15. The van der Waals surface area contributed by atoms with Gasteiger partial charge in [-0.15, -0.1) is 0 Å². The largest absolute Gasteiger partial charge is 0.375 e. The average Bonchev–Trinajstić information content (AvgIpc) is 2.44. The first-order valence-electron chi connectivity index (χ1n) is 7.03. The molecule has 1 aromatic carbocycles. The van der Waals surface area contributed by atoms with Crippen molar-refractivity contribution in [3.05, 3.63) is 58.9 Å². The maximum absolute atomic E-state index is 6.19. The van der Waals surface area contributed by atoms with Gasteiger partial charge in [-0.2, -0.15) is 0 Å². The van der Waals surface area contributed by atoms with E-state index in [0.29, 0.717) is 5.15 Å². The Labute approximate surface area is 125 Å². The van der Waals surface area contributed by atoms with Crippen LogP contribution in [0.5, 0.6) is 0 Å². The zero-order valence-corrected chi connectivity index (χ0v) is 12.6. The fraction of sp³-hybridized carbons (Fsp3) is 0.353. The van der Waals surface area contributed by atoms with Crippen molar-refractivity contribution in [3.8, 4) is 0 Å². The summed E-state index contributed by atoms with van der Waals surface area (Å²) in [6.07, 6.45) is 4.02. The number of fused-ring (bicyclic) bond motifs is 1. The topological polar surface area (TPSA) is 24.9 Å². The highest BCUT2D eigenvalue weighted by atomic mass is 35.5. The van der Waals surface area contributed by atoms with E-state index in [0.717, 1.165) is 12.1 Å². The van der Waals surface area contributed by atoms with Crippen LogP contribution in [0.4, 0.5) is 5.69 Å². The molecule has 0 aliphatic heterocycles. The summed E-state index contributed by atoms with van der Waals surface area (Å²) in [7, 11) is 0. The molecule has 0 spiro atoms. The lowest BCUT2D eigenvalue weighted by Gasteiger charge is -2.41. The van der Waals surface area contributed by atoms with Crippen molar-refractivity contribution in [2.45, 2.75) is 32.7 Å². The number of aromatic nitrogens is 1. The van der Waals surface area contributed by atoms with Gasteiger partial charge in [0.2, 0.25) is 0 Å². The van der Waals surface area contributed by atoms with Crippen LogP contribution in [0.15, 0.2) is 42.6 Å². The van der Waals surface area contributed by atoms with E-state index in [-0.39, 0.29) is 11.5 Å². The molecule has 1 heterocycles. The molecule has 1 aromatic heterocycles. The van der Waals surface area contributed by atoms with Crippen LogP contribution in [-0.2, 0) is 6.42 Å². The van der Waals surface area contributed by atoms with E-state index in [2.05, 4.69) is 48.4 Å². The van der Waals surface area contributed by atoms with Crippen molar-refractivity contribution in [1.82, 2.24) is 4.98 Å². The van der Waals surface area contributed by atoms with Crippen LogP contribution >= 0.6 is 11.6 Å². The van der Waals surface area contributed by atoms with Crippen molar-refractivity contribution in [3.63, 3.8) is 0 Å². The third-order valence-corrected chi connectivity index (χ3v) is 4.55. The molecule has 3 heteroatoms. The molecule has 3 rings (SSSR count). The summed E-state index contributed by atoms with van der Waals surface area (Å²) in [5.74, 6) is 0.